The molecule has 0 spiro atoms. The summed E-state index contributed by atoms with van der Waals surface area (Å²) in [5.74, 6) is 0. The Labute approximate surface area is 63.5 Å². The van der Waals surface area contributed by atoms with Crippen LogP contribution in [-0.2, 0) is 21.0 Å². The molecule has 0 aromatic rings. The van der Waals surface area contributed by atoms with Crippen molar-refractivity contribution in [2.24, 2.45) is 0 Å². The van der Waals surface area contributed by atoms with Crippen LogP contribution in [0.25, 0.3) is 0 Å². The Hall–Kier alpha value is 1.60. The van der Waals surface area contributed by atoms with E-state index in [0.717, 1.165) is 17.4 Å². The molecule has 0 bridgehead atoms. The van der Waals surface area contributed by atoms with Crippen molar-refractivity contribution in [2.45, 2.75) is 0 Å². The van der Waals surface area contributed by atoms with Gasteiger partial charge in [0.1, 0.15) is 0 Å². The molecular formula is H2CaO2V. The van der Waals surface area contributed by atoms with Crippen molar-refractivity contribution in [3.63, 3.8) is 0 Å². The third kappa shape index (κ3) is 9.50. The van der Waals surface area contributed by atoms with Gasteiger partial charge in [0.25, 0.3) is 0 Å². The molecule has 0 fully saturated rings. The average Bonchev–Trinajstić information content (AvgIpc) is 1.00. The molecule has 0 saturated carbocycles. The fourth-order valence-corrected chi connectivity index (χ4v) is 0. The van der Waals surface area contributed by atoms with Gasteiger partial charge in [0.2, 0.25) is 0 Å². The Morgan fingerprint density at radius 3 is 1.25 bits per heavy atom. The summed E-state index contributed by atoms with van der Waals surface area (Å²) in [6.45, 7) is 0. The van der Waals surface area contributed by atoms with Gasteiger partial charge < -0.3 is 5.48 Å². The van der Waals surface area contributed by atoms with E-state index in [4.69, 9.17) is 3.67 Å². The Kier molecular flexibility index (Phi) is 102. The summed E-state index contributed by atoms with van der Waals surface area (Å²) in [6, 6.07) is 0. The Morgan fingerprint density at radius 2 is 1.25 bits per heavy atom. The molecule has 2 nitrogen and oxygen atoms in total. The first kappa shape index (κ1) is 17.5. The van der Waals surface area contributed by atoms with E-state index in [1.807, 2.05) is 0 Å². The molecule has 0 radical (unpaired) electrons. The van der Waals surface area contributed by atoms with Crippen molar-refractivity contribution in [3.05, 3.63) is 0 Å². The second kappa shape index (κ2) is 23.2. The molecule has 0 rings (SSSR count). The molecule has 0 atom stereocenters. The summed E-state index contributed by atoms with van der Waals surface area (Å²) >= 11 is 1.06. The van der Waals surface area contributed by atoms with Crippen LogP contribution >= 0.6 is 0 Å². The van der Waals surface area contributed by atoms with E-state index in [1.54, 1.807) is 0 Å². The average molecular weight is 125 g/mol. The van der Waals surface area contributed by atoms with Crippen LogP contribution in [0.1, 0.15) is 0 Å². The van der Waals surface area contributed by atoms with E-state index in [-0.39, 0.29) is 43.2 Å². The summed E-state index contributed by atoms with van der Waals surface area (Å²) < 4.78 is 8.19. The van der Waals surface area contributed by atoms with Gasteiger partial charge in [-0.05, 0) is 0 Å². The van der Waals surface area contributed by atoms with E-state index in [2.05, 4.69) is 0 Å². The monoisotopic (exact) mass is 125 g/mol. The van der Waals surface area contributed by atoms with Gasteiger partial charge in [0, 0.05) is 0 Å². The Morgan fingerprint density at radius 1 is 1.25 bits per heavy atom. The first-order valence-electron chi connectivity index (χ1n) is 0.183. The second-order valence-corrected chi connectivity index (χ2v) is 0. The minimum absolute atomic E-state index is 0. The molecule has 21 valence electrons. The van der Waals surface area contributed by atoms with Crippen LogP contribution in [0.15, 0.2) is 0 Å². The van der Waals surface area contributed by atoms with Crippen molar-refractivity contribution in [3.8, 4) is 0 Å². The Balaban J connectivity index is -0.00000000500. The van der Waals surface area contributed by atoms with Crippen molar-refractivity contribution in [1.29, 1.82) is 0 Å². The van der Waals surface area contributed by atoms with Crippen LogP contribution in [0.3, 0.4) is 0 Å². The van der Waals surface area contributed by atoms with Crippen LogP contribution < -0.4 is 0 Å². The predicted octanol–water partition coefficient (Wildman–Crippen LogP) is -0.947. The molecule has 0 aromatic carbocycles. The summed E-state index contributed by atoms with van der Waals surface area (Å²) in [4.78, 5) is 0. The van der Waals surface area contributed by atoms with Crippen molar-refractivity contribution >= 4 is 37.7 Å². The van der Waals surface area contributed by atoms with Crippen molar-refractivity contribution in [2.75, 3.05) is 0 Å². The molecule has 4 heavy (non-hydrogen) atoms. The maximum absolute atomic E-state index is 8.19. The number of hydrogen-bond acceptors (Lipinski definition) is 2. The molecule has 0 aliphatic rings. The van der Waals surface area contributed by atoms with Gasteiger partial charge in [-0.1, -0.05) is 0 Å². The van der Waals surface area contributed by atoms with Gasteiger partial charge in [-0.15, -0.1) is 0 Å². The summed E-state index contributed by atoms with van der Waals surface area (Å²) in [7, 11) is 0. The van der Waals surface area contributed by atoms with E-state index in [1.165, 1.54) is 0 Å². The predicted molar refractivity (Wildman–Crippen MR) is 9.77 cm³/mol. The van der Waals surface area contributed by atoms with E-state index < -0.39 is 0 Å². The zero-order valence-corrected chi connectivity index (χ0v) is 6.82. The fraction of sp³-hybridized carbons (Fsp3) is 0. The standard InChI is InChI=1S/Ca.H2O.O.V.H/h;1H2;;;/q+1;;;;/p-1. The van der Waals surface area contributed by atoms with Crippen LogP contribution in [0.4, 0.5) is 0 Å². The van der Waals surface area contributed by atoms with Gasteiger partial charge in [-0.25, -0.2) is 0 Å². The molecule has 0 aliphatic heterocycles. The SMILES string of the molecule is [CaH+].[OH-].[O]=[V]. The minimum atomic E-state index is 0. The van der Waals surface area contributed by atoms with Crippen molar-refractivity contribution in [1.82, 2.24) is 0 Å². The molecule has 0 saturated heterocycles. The van der Waals surface area contributed by atoms with E-state index >= 15 is 0 Å². The normalized spacial score (nSPS) is 0.750. The zero-order valence-electron chi connectivity index (χ0n) is 2.30. The van der Waals surface area contributed by atoms with Crippen LogP contribution in [-0.4, -0.2) is 43.2 Å². The fourth-order valence-electron chi connectivity index (χ4n) is 0. The van der Waals surface area contributed by atoms with Gasteiger partial charge in [0.15, 0.2) is 0 Å². The Bertz CT molecular complexity index is 6.00. The summed E-state index contributed by atoms with van der Waals surface area (Å²) in [6.07, 6.45) is 0. The topological polar surface area (TPSA) is 47.1 Å². The third-order valence-electron chi connectivity index (χ3n) is 0. The molecule has 0 aromatic heterocycles. The van der Waals surface area contributed by atoms with Crippen LogP contribution in [0.2, 0.25) is 0 Å². The molecule has 1 N–H and O–H groups in total. The molecule has 0 unspecified atom stereocenters. The quantitative estimate of drug-likeness (QED) is 0.392. The zero-order chi connectivity index (χ0) is 2.00. The molecule has 0 aliphatic carbocycles. The maximum atomic E-state index is 8.19. The van der Waals surface area contributed by atoms with Gasteiger partial charge in [0.05, 0.1) is 0 Å². The molecule has 4 heteroatoms. The van der Waals surface area contributed by atoms with Crippen molar-refractivity contribution < 1.29 is 26.5 Å². The summed E-state index contributed by atoms with van der Waals surface area (Å²) in [5.41, 5.74) is 0. The van der Waals surface area contributed by atoms with E-state index in [0.29, 0.717) is 0 Å². The number of hydrogen-bond donors (Lipinski definition) is 0. The van der Waals surface area contributed by atoms with E-state index in [9.17, 15) is 0 Å². The second-order valence-electron chi connectivity index (χ2n) is 0. The van der Waals surface area contributed by atoms with Crippen LogP contribution in [0.5, 0.6) is 0 Å². The molecule has 0 heterocycles. The van der Waals surface area contributed by atoms with Crippen LogP contribution in [0, 0.1) is 0 Å². The van der Waals surface area contributed by atoms with Gasteiger partial charge in [-0.3, -0.25) is 0 Å². The molecular weight excluding hydrogens is 123 g/mol. The first-order chi connectivity index (χ1) is 1.00. The van der Waals surface area contributed by atoms with Gasteiger partial charge >= 0.3 is 58.8 Å². The third-order valence-corrected chi connectivity index (χ3v) is 0. The van der Waals surface area contributed by atoms with Gasteiger partial charge in [-0.2, -0.15) is 0 Å². The summed E-state index contributed by atoms with van der Waals surface area (Å²) in [5, 5.41) is 0. The first-order valence-corrected chi connectivity index (χ1v) is 0.753. The number of rotatable bonds is 0. The molecule has 0 amide bonds.